The van der Waals surface area contributed by atoms with Crippen molar-refractivity contribution >= 4 is 22.8 Å². The monoisotopic (exact) mass is 517 g/mol. The molecular formula is C35H39N3O. The van der Waals surface area contributed by atoms with Gasteiger partial charge in [-0.25, -0.2) is 0 Å². The Hall–Kier alpha value is -3.53. The first-order chi connectivity index (χ1) is 19.1. The number of aromatic amines is 1. The molecule has 2 fully saturated rings. The van der Waals surface area contributed by atoms with Gasteiger partial charge in [0.25, 0.3) is 0 Å². The number of aromatic nitrogens is 3. The lowest BCUT2D eigenvalue weighted by atomic mass is 9.78. The molecule has 200 valence electrons. The average Bonchev–Trinajstić information content (AvgIpc) is 3.66. The minimum absolute atomic E-state index is 0.498. The van der Waals surface area contributed by atoms with Crippen LogP contribution >= 0.6 is 0 Å². The van der Waals surface area contributed by atoms with E-state index in [-0.39, 0.29) is 0 Å². The van der Waals surface area contributed by atoms with Crippen LogP contribution < -0.4 is 0 Å². The van der Waals surface area contributed by atoms with Gasteiger partial charge in [-0.15, -0.1) is 0 Å². The second-order valence-corrected chi connectivity index (χ2v) is 11.8. The van der Waals surface area contributed by atoms with Gasteiger partial charge in [0, 0.05) is 64.6 Å². The van der Waals surface area contributed by atoms with Crippen LogP contribution in [0.5, 0.6) is 0 Å². The number of ketones is 1. The van der Waals surface area contributed by atoms with Gasteiger partial charge < -0.3 is 4.98 Å². The van der Waals surface area contributed by atoms with E-state index in [4.69, 9.17) is 9.97 Å². The molecule has 39 heavy (non-hydrogen) atoms. The Balaban J connectivity index is 1.02. The highest BCUT2D eigenvalue weighted by Gasteiger charge is 2.25. The molecule has 1 aromatic carbocycles. The molecule has 4 nitrogen and oxygen atoms in total. The molecule has 0 spiro atoms. The first-order valence-corrected chi connectivity index (χ1v) is 14.8. The van der Waals surface area contributed by atoms with Crippen LogP contribution in [0.3, 0.4) is 0 Å². The standard InChI is InChI=1S/C35H39N3O/c1-2-24-10-16-34-30(19-24)21-35(38-34)29-14-18-33(37-23-29)28-13-17-32(36-22-28)27-11-7-26(8-12-27)20-31(39)15-9-25-5-3-4-6-25/h2,10,13-14,16-19,21-23,25-27,38H,1,3-9,11-12,15,20H2. The minimum Gasteiger partial charge on any atom is -0.354 e. The van der Waals surface area contributed by atoms with E-state index in [0.717, 1.165) is 84.5 Å². The number of fused-ring (bicyclic) bond motifs is 1. The van der Waals surface area contributed by atoms with Crippen molar-refractivity contribution in [2.45, 2.75) is 76.5 Å². The molecule has 4 aromatic rings. The summed E-state index contributed by atoms with van der Waals surface area (Å²) >= 11 is 0. The third-order valence-electron chi connectivity index (χ3n) is 9.12. The molecule has 6 rings (SSSR count). The van der Waals surface area contributed by atoms with Crippen molar-refractivity contribution in [2.24, 2.45) is 11.8 Å². The molecule has 2 saturated carbocycles. The fraction of sp³-hybridized carbons (Fsp3) is 0.400. The number of carbonyl (C=O) groups excluding carboxylic acids is 1. The van der Waals surface area contributed by atoms with Crippen LogP contribution in [0, 0.1) is 11.8 Å². The Morgan fingerprint density at radius 1 is 0.872 bits per heavy atom. The summed E-state index contributed by atoms with van der Waals surface area (Å²) in [6.45, 7) is 3.86. The average molecular weight is 518 g/mol. The number of benzene rings is 1. The quantitative estimate of drug-likeness (QED) is 0.241. The number of nitrogens with zero attached hydrogens (tertiary/aromatic N) is 2. The zero-order valence-electron chi connectivity index (χ0n) is 22.9. The van der Waals surface area contributed by atoms with Gasteiger partial charge in [-0.3, -0.25) is 14.8 Å². The highest BCUT2D eigenvalue weighted by atomic mass is 16.1. The van der Waals surface area contributed by atoms with Gasteiger partial charge >= 0.3 is 0 Å². The Morgan fingerprint density at radius 2 is 1.67 bits per heavy atom. The second-order valence-electron chi connectivity index (χ2n) is 11.8. The summed E-state index contributed by atoms with van der Waals surface area (Å²) in [5.41, 5.74) is 7.50. The highest BCUT2D eigenvalue weighted by Crippen LogP contribution is 2.37. The van der Waals surface area contributed by atoms with Crippen LogP contribution in [-0.4, -0.2) is 20.7 Å². The van der Waals surface area contributed by atoms with E-state index < -0.39 is 0 Å². The maximum Gasteiger partial charge on any atom is 0.133 e. The first kappa shape index (κ1) is 25.7. The van der Waals surface area contributed by atoms with Gasteiger partial charge in [-0.2, -0.15) is 0 Å². The summed E-state index contributed by atoms with van der Waals surface area (Å²) in [4.78, 5) is 25.6. The van der Waals surface area contributed by atoms with Gasteiger partial charge in [-0.1, -0.05) is 44.4 Å². The Kier molecular flexibility index (Phi) is 7.71. The van der Waals surface area contributed by atoms with Crippen molar-refractivity contribution < 1.29 is 4.79 Å². The van der Waals surface area contributed by atoms with Gasteiger partial charge in [0.15, 0.2) is 0 Å². The van der Waals surface area contributed by atoms with E-state index in [2.05, 4.69) is 60.1 Å². The number of nitrogens with one attached hydrogen (secondary N) is 1. The van der Waals surface area contributed by atoms with Crippen molar-refractivity contribution in [3.8, 4) is 22.5 Å². The topological polar surface area (TPSA) is 58.6 Å². The Labute approximate surface area is 232 Å². The van der Waals surface area contributed by atoms with Crippen molar-refractivity contribution in [3.63, 3.8) is 0 Å². The van der Waals surface area contributed by atoms with Crippen LogP contribution in [0.4, 0.5) is 0 Å². The first-order valence-electron chi connectivity index (χ1n) is 14.8. The SMILES string of the molecule is C=Cc1ccc2[nH]c(-c3ccc(-c4ccc(C5CCC(CC(=O)CCC6CCCC6)CC5)nc4)nc3)cc2c1. The lowest BCUT2D eigenvalue weighted by molar-refractivity contribution is -0.120. The third kappa shape index (κ3) is 6.06. The molecular weight excluding hydrogens is 478 g/mol. The van der Waals surface area contributed by atoms with E-state index >= 15 is 0 Å². The molecule has 3 aromatic heterocycles. The Bertz CT molecular complexity index is 1420. The summed E-state index contributed by atoms with van der Waals surface area (Å²) in [7, 11) is 0. The van der Waals surface area contributed by atoms with E-state index in [9.17, 15) is 4.79 Å². The smallest absolute Gasteiger partial charge is 0.133 e. The maximum absolute atomic E-state index is 12.5. The molecule has 0 bridgehead atoms. The summed E-state index contributed by atoms with van der Waals surface area (Å²) in [6, 6.07) is 17.0. The number of carbonyl (C=O) groups is 1. The summed E-state index contributed by atoms with van der Waals surface area (Å²) in [5, 5.41) is 1.17. The number of H-pyrrole nitrogens is 1. The lowest BCUT2D eigenvalue weighted by Gasteiger charge is -2.28. The zero-order chi connectivity index (χ0) is 26.6. The number of hydrogen-bond donors (Lipinski definition) is 1. The lowest BCUT2D eigenvalue weighted by Crippen LogP contribution is -2.17. The fourth-order valence-electron chi connectivity index (χ4n) is 6.71. The summed E-state index contributed by atoms with van der Waals surface area (Å²) in [5.74, 6) is 2.39. The molecule has 2 aliphatic carbocycles. The van der Waals surface area contributed by atoms with Crippen LogP contribution in [0.2, 0.25) is 0 Å². The van der Waals surface area contributed by atoms with Gasteiger partial charge in [0.1, 0.15) is 5.78 Å². The normalized spacial score (nSPS) is 19.9. The van der Waals surface area contributed by atoms with Crippen molar-refractivity contribution in [2.75, 3.05) is 0 Å². The number of pyridine rings is 2. The van der Waals surface area contributed by atoms with E-state index in [1.807, 2.05) is 18.5 Å². The maximum atomic E-state index is 12.5. The van der Waals surface area contributed by atoms with Crippen molar-refractivity contribution in [3.05, 3.63) is 78.8 Å². The molecule has 1 N–H and O–H groups in total. The molecule has 0 radical (unpaired) electrons. The van der Waals surface area contributed by atoms with E-state index in [1.54, 1.807) is 0 Å². The van der Waals surface area contributed by atoms with Gasteiger partial charge in [-0.05, 0) is 92.0 Å². The van der Waals surface area contributed by atoms with E-state index in [0.29, 0.717) is 17.6 Å². The molecule has 3 heterocycles. The van der Waals surface area contributed by atoms with Gasteiger partial charge in [0.05, 0.1) is 5.69 Å². The number of Topliss-reactive ketones (excluding diaryl/α,β-unsaturated/α-hetero) is 1. The van der Waals surface area contributed by atoms with Crippen LogP contribution in [0.1, 0.15) is 87.8 Å². The van der Waals surface area contributed by atoms with Gasteiger partial charge in [0.2, 0.25) is 0 Å². The predicted octanol–water partition coefficient (Wildman–Crippen LogP) is 9.14. The zero-order valence-corrected chi connectivity index (χ0v) is 22.9. The van der Waals surface area contributed by atoms with Crippen molar-refractivity contribution in [1.82, 2.24) is 15.0 Å². The number of hydrogen-bond acceptors (Lipinski definition) is 3. The van der Waals surface area contributed by atoms with Crippen LogP contribution in [-0.2, 0) is 4.79 Å². The Morgan fingerprint density at radius 3 is 2.38 bits per heavy atom. The molecule has 0 amide bonds. The highest BCUT2D eigenvalue weighted by molar-refractivity contribution is 5.87. The fourth-order valence-corrected chi connectivity index (χ4v) is 6.71. The molecule has 4 heteroatoms. The molecule has 0 saturated heterocycles. The summed E-state index contributed by atoms with van der Waals surface area (Å²) < 4.78 is 0. The summed E-state index contributed by atoms with van der Waals surface area (Å²) in [6.07, 6.45) is 18.5. The molecule has 0 atom stereocenters. The minimum atomic E-state index is 0.498. The number of rotatable bonds is 9. The molecule has 0 aliphatic heterocycles. The van der Waals surface area contributed by atoms with E-state index in [1.165, 1.54) is 36.8 Å². The van der Waals surface area contributed by atoms with Crippen LogP contribution in [0.15, 0.2) is 67.5 Å². The van der Waals surface area contributed by atoms with Crippen LogP contribution in [0.25, 0.3) is 39.5 Å². The molecule has 2 aliphatic rings. The van der Waals surface area contributed by atoms with Crippen molar-refractivity contribution in [1.29, 1.82) is 0 Å². The molecule has 0 unspecified atom stereocenters. The second kappa shape index (κ2) is 11.7. The third-order valence-corrected chi connectivity index (χ3v) is 9.12. The predicted molar refractivity (Wildman–Crippen MR) is 160 cm³/mol. The largest absolute Gasteiger partial charge is 0.354 e.